The van der Waals surface area contributed by atoms with E-state index in [1.807, 2.05) is 0 Å². The quantitative estimate of drug-likeness (QED) is 0.555. The van der Waals surface area contributed by atoms with Crippen molar-refractivity contribution in [3.8, 4) is 0 Å². The number of rotatable bonds is 1. The summed E-state index contributed by atoms with van der Waals surface area (Å²) in [5.74, 6) is -0.745. The maximum absolute atomic E-state index is 9.37. The molecule has 0 saturated carbocycles. The molecule has 0 atom stereocenters. The van der Waals surface area contributed by atoms with Gasteiger partial charge in [-0.15, -0.1) is 0 Å². The molecule has 0 bridgehead atoms. The van der Waals surface area contributed by atoms with Crippen LogP contribution in [0.5, 0.6) is 0 Å². The normalized spacial score (nSPS) is 4.62. The first-order valence-electron chi connectivity index (χ1n) is 1.49. The van der Waals surface area contributed by atoms with E-state index >= 15 is 0 Å². The van der Waals surface area contributed by atoms with Crippen molar-refractivity contribution >= 4 is 130 Å². The standard InChI is InChI=1S/C3H6O2.Ba.2Ca.6H/c1-2-3(4)5;;;;;;;;;/h2H2,1H3,(H,4,5);;;;;;;;;. The van der Waals surface area contributed by atoms with Gasteiger partial charge in [0.1, 0.15) is 0 Å². The van der Waals surface area contributed by atoms with Gasteiger partial charge in [-0.05, 0) is 0 Å². The topological polar surface area (TPSA) is 37.3 Å². The van der Waals surface area contributed by atoms with Crippen LogP contribution in [-0.2, 0) is 4.79 Å². The van der Waals surface area contributed by atoms with Crippen molar-refractivity contribution in [2.45, 2.75) is 13.3 Å². The van der Waals surface area contributed by atoms with Gasteiger partial charge in [0.05, 0.1) is 0 Å². The number of hydrogen-bond acceptors (Lipinski definition) is 1. The van der Waals surface area contributed by atoms with Crippen molar-refractivity contribution in [3.05, 3.63) is 0 Å². The van der Waals surface area contributed by atoms with Gasteiger partial charge in [0, 0.05) is 6.42 Å². The summed E-state index contributed by atoms with van der Waals surface area (Å²) in [4.78, 5) is 9.37. The number of carboxylic acid groups (broad SMARTS) is 1. The molecule has 0 rings (SSSR count). The Balaban J connectivity index is -0.0000000267. The molecule has 0 fully saturated rings. The second kappa shape index (κ2) is 16.9. The van der Waals surface area contributed by atoms with E-state index < -0.39 is 5.97 Å². The molecular weight excluding hydrogens is 286 g/mol. The molecule has 0 amide bonds. The fourth-order valence-corrected chi connectivity index (χ4v) is 0. The molecule has 1 N–H and O–H groups in total. The molecule has 0 aromatic rings. The second-order valence-electron chi connectivity index (χ2n) is 0.747. The zero-order valence-electron chi connectivity index (χ0n) is 3.06. The number of hydrogen-bond donors (Lipinski definition) is 1. The molecule has 0 aliphatic rings. The van der Waals surface area contributed by atoms with Gasteiger partial charge in [-0.25, -0.2) is 0 Å². The fourth-order valence-electron chi connectivity index (χ4n) is 0. The van der Waals surface area contributed by atoms with Gasteiger partial charge in [-0.1, -0.05) is 6.92 Å². The van der Waals surface area contributed by atoms with Crippen LogP contribution in [0, 0.1) is 0 Å². The van der Waals surface area contributed by atoms with Crippen LogP contribution in [0.3, 0.4) is 0 Å². The fraction of sp³-hybridized carbons (Fsp3) is 0.667. The summed E-state index contributed by atoms with van der Waals surface area (Å²) in [5, 5.41) is 7.72. The van der Waals surface area contributed by atoms with E-state index in [0.717, 1.165) is 0 Å². The number of aliphatic carboxylic acids is 1. The SMILES string of the molecule is CCC(=O)O.[BaH2].[CaH2].[CaH2]. The molecule has 0 aromatic carbocycles. The van der Waals surface area contributed by atoms with Crippen LogP contribution >= 0.6 is 0 Å². The Morgan fingerprint density at radius 1 is 1.50 bits per heavy atom. The van der Waals surface area contributed by atoms with Crippen LogP contribution in [0.25, 0.3) is 0 Å². The molecule has 8 heavy (non-hydrogen) atoms. The summed E-state index contributed by atoms with van der Waals surface area (Å²) in [6, 6.07) is 0. The summed E-state index contributed by atoms with van der Waals surface area (Å²) in [6.45, 7) is 1.60. The molecule has 0 heterocycles. The zero-order valence-corrected chi connectivity index (χ0v) is 3.06. The molecule has 0 aliphatic heterocycles. The Bertz CT molecular complexity index is 50.5. The van der Waals surface area contributed by atoms with Crippen molar-refractivity contribution < 1.29 is 9.90 Å². The van der Waals surface area contributed by atoms with Gasteiger partial charge in [0.15, 0.2) is 0 Å². The van der Waals surface area contributed by atoms with Crippen LogP contribution in [0.2, 0.25) is 0 Å². The summed E-state index contributed by atoms with van der Waals surface area (Å²) >= 11 is 0. The predicted octanol–water partition coefficient (Wildman–Crippen LogP) is -2.27. The third-order valence-electron chi connectivity index (χ3n) is 0.302. The first kappa shape index (κ1) is 22.6. The Kier molecular flexibility index (Phi) is 47.6. The van der Waals surface area contributed by atoms with Gasteiger partial charge in [-0.3, -0.25) is 4.79 Å². The summed E-state index contributed by atoms with van der Waals surface area (Å²) < 4.78 is 0. The summed E-state index contributed by atoms with van der Waals surface area (Å²) in [5.41, 5.74) is 0. The average Bonchev–Trinajstić information content (AvgIpc) is 1.38. The van der Waals surface area contributed by atoms with Gasteiger partial charge in [0.25, 0.3) is 0 Å². The number of carboxylic acids is 1. The van der Waals surface area contributed by atoms with E-state index in [9.17, 15) is 4.79 Å². The van der Waals surface area contributed by atoms with E-state index in [0.29, 0.717) is 0 Å². The van der Waals surface area contributed by atoms with Crippen LogP contribution < -0.4 is 0 Å². The molecule has 0 saturated heterocycles. The molecule has 0 spiro atoms. The minimum atomic E-state index is -0.745. The van der Waals surface area contributed by atoms with Gasteiger partial charge in [0.2, 0.25) is 0 Å². The van der Waals surface area contributed by atoms with Crippen LogP contribution in [0.4, 0.5) is 0 Å². The minimum absolute atomic E-state index is 0. The molecule has 0 aromatic heterocycles. The number of carbonyl (C=O) groups is 1. The van der Waals surface area contributed by atoms with Crippen LogP contribution in [0.1, 0.15) is 13.3 Å². The molecule has 0 radical (unpaired) electrons. The summed E-state index contributed by atoms with van der Waals surface area (Å²) in [7, 11) is 0. The Morgan fingerprint density at radius 3 is 1.62 bits per heavy atom. The monoisotopic (exact) mass is 298 g/mol. The van der Waals surface area contributed by atoms with E-state index in [1.54, 1.807) is 6.92 Å². The summed E-state index contributed by atoms with van der Waals surface area (Å²) in [6.07, 6.45) is 0.222. The van der Waals surface area contributed by atoms with E-state index in [4.69, 9.17) is 5.11 Å². The first-order chi connectivity index (χ1) is 2.27. The predicted molar refractivity (Wildman–Crippen MR) is 43.6 cm³/mol. The second-order valence-corrected chi connectivity index (χ2v) is 0.747. The van der Waals surface area contributed by atoms with Crippen LogP contribution in [0.15, 0.2) is 0 Å². The average molecular weight is 298 g/mol. The third-order valence-corrected chi connectivity index (χ3v) is 0.302. The van der Waals surface area contributed by atoms with Gasteiger partial charge < -0.3 is 5.11 Å². The van der Waals surface area contributed by atoms with Gasteiger partial charge in [-0.2, -0.15) is 0 Å². The third kappa shape index (κ3) is 22.7. The van der Waals surface area contributed by atoms with Crippen molar-refractivity contribution in [2.75, 3.05) is 0 Å². The van der Waals surface area contributed by atoms with Crippen molar-refractivity contribution in [3.63, 3.8) is 0 Å². The van der Waals surface area contributed by atoms with E-state index in [1.165, 1.54) is 0 Å². The van der Waals surface area contributed by atoms with Crippen molar-refractivity contribution in [1.29, 1.82) is 0 Å². The Morgan fingerprint density at radius 2 is 1.62 bits per heavy atom. The molecule has 0 aliphatic carbocycles. The van der Waals surface area contributed by atoms with Crippen LogP contribution in [-0.4, -0.2) is 135 Å². The molecule has 5 heteroatoms. The van der Waals surface area contributed by atoms with Crippen molar-refractivity contribution in [1.82, 2.24) is 0 Å². The Labute approximate surface area is 149 Å². The zero-order chi connectivity index (χ0) is 4.28. The van der Waals surface area contributed by atoms with E-state index in [-0.39, 0.29) is 131 Å². The molecule has 42 valence electrons. The molecule has 2 nitrogen and oxygen atoms in total. The molecular formula is C3H12BaCa2O2. The van der Waals surface area contributed by atoms with Gasteiger partial charge >= 0.3 is 130 Å². The van der Waals surface area contributed by atoms with E-state index in [2.05, 4.69) is 0 Å². The van der Waals surface area contributed by atoms with Crippen molar-refractivity contribution in [2.24, 2.45) is 0 Å². The molecule has 0 unspecified atom stereocenters. The maximum atomic E-state index is 9.37. The first-order valence-corrected chi connectivity index (χ1v) is 1.49. The Hall–Kier alpha value is 3.56.